The van der Waals surface area contributed by atoms with Crippen molar-refractivity contribution in [2.24, 2.45) is 0 Å². The van der Waals surface area contributed by atoms with Crippen LogP contribution in [0.4, 0.5) is 4.79 Å². The van der Waals surface area contributed by atoms with Gasteiger partial charge in [-0.15, -0.1) is 0 Å². The van der Waals surface area contributed by atoms with E-state index < -0.39 is 5.60 Å². The number of halogens is 1. The highest BCUT2D eigenvalue weighted by atomic mass is 127. The second kappa shape index (κ2) is 7.98. The topological polar surface area (TPSA) is 50.4 Å². The number of ether oxygens (including phenoxy) is 1. The molecule has 0 bridgehead atoms. The summed E-state index contributed by atoms with van der Waals surface area (Å²) >= 11 is 2.29. The summed E-state index contributed by atoms with van der Waals surface area (Å²) in [5, 5.41) is 6.24. The molecule has 2 atom stereocenters. The first-order valence-corrected chi connectivity index (χ1v) is 8.23. The van der Waals surface area contributed by atoms with E-state index in [4.69, 9.17) is 4.74 Å². The molecule has 0 saturated carbocycles. The van der Waals surface area contributed by atoms with Crippen LogP contribution >= 0.6 is 22.6 Å². The van der Waals surface area contributed by atoms with Crippen LogP contribution in [0.2, 0.25) is 0 Å². The number of alkyl carbamates (subject to hydrolysis) is 1. The molecule has 1 aromatic rings. The van der Waals surface area contributed by atoms with Crippen molar-refractivity contribution < 1.29 is 9.53 Å². The van der Waals surface area contributed by atoms with Crippen molar-refractivity contribution in [3.05, 3.63) is 33.4 Å². The predicted molar refractivity (Wildman–Crippen MR) is 94.4 cm³/mol. The molecule has 0 spiro atoms. The lowest BCUT2D eigenvalue weighted by atomic mass is 10.1. The number of carbonyl (C=O) groups excluding carboxylic acids is 1. The second-order valence-electron chi connectivity index (χ2n) is 6.23. The standard InChI is InChI=1S/C16H25IN2O2/c1-11(19-15(20)21-16(3,4)5)10-18-12(2)13-6-8-14(17)9-7-13/h6-9,11-12,18H,10H2,1-5H3,(H,19,20). The Bertz CT molecular complexity index is 454. The predicted octanol–water partition coefficient (Wildman–Crippen LogP) is 3.86. The Morgan fingerprint density at radius 2 is 1.81 bits per heavy atom. The van der Waals surface area contributed by atoms with E-state index in [1.54, 1.807) is 0 Å². The molecule has 0 aliphatic carbocycles. The van der Waals surface area contributed by atoms with Gasteiger partial charge in [-0.1, -0.05) is 12.1 Å². The van der Waals surface area contributed by atoms with E-state index in [-0.39, 0.29) is 18.2 Å². The number of hydrogen-bond acceptors (Lipinski definition) is 3. The van der Waals surface area contributed by atoms with Crippen LogP contribution in [0.3, 0.4) is 0 Å². The van der Waals surface area contributed by atoms with E-state index in [2.05, 4.69) is 64.4 Å². The van der Waals surface area contributed by atoms with Gasteiger partial charge in [-0.3, -0.25) is 0 Å². The van der Waals surface area contributed by atoms with Gasteiger partial charge in [0, 0.05) is 22.2 Å². The summed E-state index contributed by atoms with van der Waals surface area (Å²) in [6.45, 7) is 10.3. The summed E-state index contributed by atoms with van der Waals surface area (Å²) in [5.74, 6) is 0. The van der Waals surface area contributed by atoms with Crippen LogP contribution in [0.15, 0.2) is 24.3 Å². The van der Waals surface area contributed by atoms with Crippen molar-refractivity contribution in [1.29, 1.82) is 0 Å². The maximum atomic E-state index is 11.7. The zero-order valence-corrected chi connectivity index (χ0v) is 15.5. The van der Waals surface area contributed by atoms with Crippen molar-refractivity contribution in [2.75, 3.05) is 6.54 Å². The van der Waals surface area contributed by atoms with Crippen molar-refractivity contribution in [3.8, 4) is 0 Å². The molecule has 2 N–H and O–H groups in total. The minimum absolute atomic E-state index is 0.00569. The Kier molecular flexibility index (Phi) is 6.93. The highest BCUT2D eigenvalue weighted by Gasteiger charge is 2.17. The van der Waals surface area contributed by atoms with E-state index in [0.29, 0.717) is 6.54 Å². The monoisotopic (exact) mass is 404 g/mol. The highest BCUT2D eigenvalue weighted by Crippen LogP contribution is 2.14. The van der Waals surface area contributed by atoms with Gasteiger partial charge >= 0.3 is 6.09 Å². The van der Waals surface area contributed by atoms with Crippen LogP contribution < -0.4 is 10.6 Å². The Morgan fingerprint density at radius 1 is 1.24 bits per heavy atom. The number of carbonyl (C=O) groups is 1. The van der Waals surface area contributed by atoms with E-state index in [1.807, 2.05) is 27.7 Å². The van der Waals surface area contributed by atoms with Crippen LogP contribution in [0, 0.1) is 3.57 Å². The Labute approximate surface area is 141 Å². The van der Waals surface area contributed by atoms with E-state index in [9.17, 15) is 4.79 Å². The van der Waals surface area contributed by atoms with Gasteiger partial charge in [0.05, 0.1) is 0 Å². The van der Waals surface area contributed by atoms with Gasteiger partial charge in [-0.05, 0) is 74.9 Å². The van der Waals surface area contributed by atoms with Crippen LogP contribution in [-0.2, 0) is 4.74 Å². The molecule has 1 rings (SSSR count). The normalized spacial score (nSPS) is 14.4. The molecule has 1 aromatic carbocycles. The summed E-state index contributed by atoms with van der Waals surface area (Å²) < 4.78 is 6.46. The summed E-state index contributed by atoms with van der Waals surface area (Å²) in [6, 6.07) is 8.67. The third-order valence-electron chi connectivity index (χ3n) is 2.86. The smallest absolute Gasteiger partial charge is 0.407 e. The fourth-order valence-electron chi connectivity index (χ4n) is 1.78. The molecule has 4 nitrogen and oxygen atoms in total. The Hall–Kier alpha value is -0.820. The summed E-state index contributed by atoms with van der Waals surface area (Å²) in [4.78, 5) is 11.7. The lowest BCUT2D eigenvalue weighted by molar-refractivity contribution is 0.0507. The number of hydrogen-bond donors (Lipinski definition) is 2. The molecule has 5 heteroatoms. The minimum atomic E-state index is -0.467. The summed E-state index contributed by atoms with van der Waals surface area (Å²) in [6.07, 6.45) is -0.376. The fraction of sp³-hybridized carbons (Fsp3) is 0.562. The van der Waals surface area contributed by atoms with Crippen molar-refractivity contribution in [1.82, 2.24) is 10.6 Å². The van der Waals surface area contributed by atoms with E-state index in [0.717, 1.165) is 0 Å². The summed E-state index contributed by atoms with van der Waals surface area (Å²) in [5.41, 5.74) is 0.769. The van der Waals surface area contributed by atoms with Crippen LogP contribution in [-0.4, -0.2) is 24.3 Å². The Morgan fingerprint density at radius 3 is 2.33 bits per heavy atom. The van der Waals surface area contributed by atoms with Gasteiger partial charge in [0.2, 0.25) is 0 Å². The van der Waals surface area contributed by atoms with Gasteiger partial charge < -0.3 is 15.4 Å². The molecule has 2 unspecified atom stereocenters. The molecule has 118 valence electrons. The molecule has 0 saturated heterocycles. The van der Waals surface area contributed by atoms with Gasteiger partial charge in [0.25, 0.3) is 0 Å². The van der Waals surface area contributed by atoms with Crippen LogP contribution in [0.5, 0.6) is 0 Å². The summed E-state index contributed by atoms with van der Waals surface area (Å²) in [7, 11) is 0. The fourth-order valence-corrected chi connectivity index (χ4v) is 2.14. The van der Waals surface area contributed by atoms with Crippen molar-refractivity contribution in [3.63, 3.8) is 0 Å². The van der Waals surface area contributed by atoms with Crippen molar-refractivity contribution in [2.45, 2.75) is 52.3 Å². The highest BCUT2D eigenvalue weighted by molar-refractivity contribution is 14.1. The van der Waals surface area contributed by atoms with Gasteiger partial charge in [0.15, 0.2) is 0 Å². The average Bonchev–Trinajstić information content (AvgIpc) is 2.34. The zero-order chi connectivity index (χ0) is 16.0. The lowest BCUT2D eigenvalue weighted by Gasteiger charge is -2.23. The van der Waals surface area contributed by atoms with Crippen LogP contribution in [0.1, 0.15) is 46.2 Å². The molecule has 0 radical (unpaired) electrons. The van der Waals surface area contributed by atoms with Gasteiger partial charge in [0.1, 0.15) is 5.60 Å². The van der Waals surface area contributed by atoms with Crippen LogP contribution in [0.25, 0.3) is 0 Å². The molecule has 0 heterocycles. The first-order valence-electron chi connectivity index (χ1n) is 7.16. The van der Waals surface area contributed by atoms with Crippen molar-refractivity contribution >= 4 is 28.7 Å². The minimum Gasteiger partial charge on any atom is -0.444 e. The third-order valence-corrected chi connectivity index (χ3v) is 3.58. The maximum Gasteiger partial charge on any atom is 0.407 e. The number of benzene rings is 1. The van der Waals surface area contributed by atoms with Gasteiger partial charge in [-0.2, -0.15) is 0 Å². The lowest BCUT2D eigenvalue weighted by Crippen LogP contribution is -2.43. The molecule has 0 aliphatic rings. The maximum absolute atomic E-state index is 11.7. The third kappa shape index (κ3) is 7.66. The molecule has 21 heavy (non-hydrogen) atoms. The number of amides is 1. The molecule has 0 aliphatic heterocycles. The molecule has 0 aromatic heterocycles. The first kappa shape index (κ1) is 18.2. The molecular weight excluding hydrogens is 379 g/mol. The first-order chi connectivity index (χ1) is 9.67. The second-order valence-corrected chi connectivity index (χ2v) is 7.47. The van der Waals surface area contributed by atoms with E-state index in [1.165, 1.54) is 9.13 Å². The molecule has 1 amide bonds. The number of nitrogens with one attached hydrogen (secondary N) is 2. The Balaban J connectivity index is 2.37. The molecule has 0 fully saturated rings. The SMILES string of the molecule is CC(CNC(C)c1ccc(I)cc1)NC(=O)OC(C)(C)C. The van der Waals surface area contributed by atoms with E-state index >= 15 is 0 Å². The number of rotatable bonds is 5. The zero-order valence-electron chi connectivity index (χ0n) is 13.4. The molecular formula is C16H25IN2O2. The quantitative estimate of drug-likeness (QED) is 0.733. The largest absolute Gasteiger partial charge is 0.444 e. The average molecular weight is 404 g/mol. The van der Waals surface area contributed by atoms with Gasteiger partial charge in [-0.25, -0.2) is 4.79 Å².